The van der Waals surface area contributed by atoms with Gasteiger partial charge in [-0.15, -0.1) is 0 Å². The molecule has 1 aliphatic carbocycles. The number of amides is 1. The number of benzene rings is 1. The van der Waals surface area contributed by atoms with Crippen LogP contribution in [0.15, 0.2) is 23.1 Å². The van der Waals surface area contributed by atoms with E-state index in [1.807, 2.05) is 6.92 Å². The number of carbonyl (C=O) groups excluding carboxylic acids is 2. The number of esters is 1. The summed E-state index contributed by atoms with van der Waals surface area (Å²) in [6, 6.07) is 3.80. The molecule has 7 nitrogen and oxygen atoms in total. The van der Waals surface area contributed by atoms with E-state index in [9.17, 15) is 18.0 Å². The van der Waals surface area contributed by atoms with Crippen LogP contribution in [0.3, 0.4) is 0 Å². The highest BCUT2D eigenvalue weighted by Gasteiger charge is 2.29. The molecule has 1 aromatic rings. The van der Waals surface area contributed by atoms with Gasteiger partial charge in [0.2, 0.25) is 10.0 Å². The Hall–Kier alpha value is -1.64. The molecular formula is C16H21ClN2O5S. The molecule has 1 aromatic carbocycles. The first-order valence-corrected chi connectivity index (χ1v) is 9.63. The number of nitrogens with one attached hydrogen (secondary N) is 1. The van der Waals surface area contributed by atoms with Gasteiger partial charge in [0.15, 0.2) is 6.61 Å². The van der Waals surface area contributed by atoms with Crippen LogP contribution < -0.4 is 5.32 Å². The summed E-state index contributed by atoms with van der Waals surface area (Å²) < 4.78 is 30.3. The summed E-state index contributed by atoms with van der Waals surface area (Å²) in [6.45, 7) is 1.46. The quantitative estimate of drug-likeness (QED) is 0.717. The molecule has 25 heavy (non-hydrogen) atoms. The molecule has 1 amide bonds. The Labute approximate surface area is 152 Å². The van der Waals surface area contributed by atoms with Crippen molar-refractivity contribution < 1.29 is 22.7 Å². The van der Waals surface area contributed by atoms with Gasteiger partial charge in [-0.1, -0.05) is 11.6 Å². The molecule has 9 heteroatoms. The molecule has 1 atom stereocenters. The van der Waals surface area contributed by atoms with Crippen LogP contribution in [0.5, 0.6) is 0 Å². The molecule has 0 heterocycles. The van der Waals surface area contributed by atoms with Gasteiger partial charge in [-0.3, -0.25) is 4.79 Å². The molecule has 1 fully saturated rings. The third kappa shape index (κ3) is 4.93. The minimum absolute atomic E-state index is 0.0448. The van der Waals surface area contributed by atoms with Crippen molar-refractivity contribution >= 4 is 33.5 Å². The Bertz CT molecular complexity index is 775. The first-order valence-electron chi connectivity index (χ1n) is 7.81. The lowest BCUT2D eigenvalue weighted by Gasteiger charge is -2.14. The standard InChI is InChI=1S/C16H21ClN2O5S/c1-10(11-4-5-11)18-15(20)9-24-16(21)13-8-12(6-7-14(13)17)25(22,23)19(2)3/h6-8,10-11H,4-5,9H2,1-3H3,(H,18,20)/t10-/m1/s1. The zero-order valence-electron chi connectivity index (χ0n) is 14.3. The van der Waals surface area contributed by atoms with Crippen molar-refractivity contribution in [2.45, 2.75) is 30.7 Å². The second-order valence-electron chi connectivity index (χ2n) is 6.20. The second kappa shape index (κ2) is 7.72. The molecule has 0 radical (unpaired) electrons. The van der Waals surface area contributed by atoms with Crippen LogP contribution >= 0.6 is 11.6 Å². The molecular weight excluding hydrogens is 368 g/mol. The molecule has 0 aliphatic heterocycles. The fourth-order valence-corrected chi connectivity index (χ4v) is 3.37. The van der Waals surface area contributed by atoms with E-state index in [-0.39, 0.29) is 21.5 Å². The normalized spacial score (nSPS) is 15.7. The first-order chi connectivity index (χ1) is 11.6. The van der Waals surface area contributed by atoms with Crippen molar-refractivity contribution in [3.63, 3.8) is 0 Å². The molecule has 0 spiro atoms. The van der Waals surface area contributed by atoms with E-state index in [1.165, 1.54) is 26.2 Å². The number of sulfonamides is 1. The fraction of sp³-hybridized carbons (Fsp3) is 0.500. The van der Waals surface area contributed by atoms with E-state index in [2.05, 4.69) is 5.32 Å². The number of nitrogens with zero attached hydrogens (tertiary/aromatic N) is 1. The smallest absolute Gasteiger partial charge is 0.340 e. The average Bonchev–Trinajstić information content (AvgIpc) is 3.37. The largest absolute Gasteiger partial charge is 0.452 e. The van der Waals surface area contributed by atoms with E-state index < -0.39 is 28.5 Å². The first kappa shape index (κ1) is 19.7. The number of halogens is 1. The Balaban J connectivity index is 2.04. The summed E-state index contributed by atoms with van der Waals surface area (Å²) in [6.07, 6.45) is 2.17. The number of hydrogen-bond donors (Lipinski definition) is 1. The maximum absolute atomic E-state index is 12.2. The van der Waals surface area contributed by atoms with Gasteiger partial charge < -0.3 is 10.1 Å². The number of ether oxygens (including phenoxy) is 1. The van der Waals surface area contributed by atoms with Gasteiger partial charge >= 0.3 is 5.97 Å². The van der Waals surface area contributed by atoms with Crippen LogP contribution in [0.1, 0.15) is 30.1 Å². The van der Waals surface area contributed by atoms with Gasteiger partial charge in [0.05, 0.1) is 15.5 Å². The fourth-order valence-electron chi connectivity index (χ4n) is 2.25. The minimum Gasteiger partial charge on any atom is -0.452 e. The van der Waals surface area contributed by atoms with Gasteiger partial charge in [0, 0.05) is 20.1 Å². The van der Waals surface area contributed by atoms with Crippen LogP contribution in [0.2, 0.25) is 5.02 Å². The third-order valence-corrected chi connectivity index (χ3v) is 6.13. The highest BCUT2D eigenvalue weighted by molar-refractivity contribution is 7.89. The lowest BCUT2D eigenvalue weighted by Crippen LogP contribution is -2.37. The Kier molecular flexibility index (Phi) is 6.08. The van der Waals surface area contributed by atoms with Gasteiger partial charge in [-0.05, 0) is 43.9 Å². The van der Waals surface area contributed by atoms with Crippen molar-refractivity contribution in [1.29, 1.82) is 0 Å². The summed E-state index contributed by atoms with van der Waals surface area (Å²) >= 11 is 5.96. The molecule has 1 N–H and O–H groups in total. The molecule has 1 saturated carbocycles. The Morgan fingerprint density at radius 3 is 2.56 bits per heavy atom. The highest BCUT2D eigenvalue weighted by atomic mass is 35.5. The molecule has 0 bridgehead atoms. The Morgan fingerprint density at radius 1 is 1.36 bits per heavy atom. The Morgan fingerprint density at radius 2 is 2.00 bits per heavy atom. The van der Waals surface area contributed by atoms with Crippen LogP contribution in [0, 0.1) is 5.92 Å². The van der Waals surface area contributed by atoms with E-state index in [1.54, 1.807) is 0 Å². The molecule has 0 saturated heterocycles. The number of hydrogen-bond acceptors (Lipinski definition) is 5. The van der Waals surface area contributed by atoms with Crippen LogP contribution in [0.4, 0.5) is 0 Å². The number of carbonyl (C=O) groups is 2. The molecule has 2 rings (SSSR count). The van der Waals surface area contributed by atoms with Gasteiger partial charge in [-0.25, -0.2) is 17.5 Å². The summed E-state index contributed by atoms with van der Waals surface area (Å²) in [5.74, 6) is -0.766. The van der Waals surface area contributed by atoms with Gasteiger partial charge in [-0.2, -0.15) is 0 Å². The van der Waals surface area contributed by atoms with Crippen molar-refractivity contribution in [2.75, 3.05) is 20.7 Å². The van der Waals surface area contributed by atoms with E-state index in [0.717, 1.165) is 23.2 Å². The maximum Gasteiger partial charge on any atom is 0.340 e. The third-order valence-electron chi connectivity index (χ3n) is 3.99. The van der Waals surface area contributed by atoms with Crippen molar-refractivity contribution in [2.24, 2.45) is 5.92 Å². The van der Waals surface area contributed by atoms with Gasteiger partial charge in [0.1, 0.15) is 0 Å². The summed E-state index contributed by atoms with van der Waals surface area (Å²) in [5.41, 5.74) is -0.104. The van der Waals surface area contributed by atoms with Crippen LogP contribution in [-0.2, 0) is 19.6 Å². The second-order valence-corrected chi connectivity index (χ2v) is 8.76. The predicted molar refractivity (Wildman–Crippen MR) is 92.9 cm³/mol. The molecule has 0 unspecified atom stereocenters. The minimum atomic E-state index is -3.71. The molecule has 138 valence electrons. The SMILES string of the molecule is C[C@@H](NC(=O)COC(=O)c1cc(S(=O)(=O)N(C)C)ccc1Cl)C1CC1. The number of rotatable bonds is 7. The van der Waals surface area contributed by atoms with Crippen LogP contribution in [-0.4, -0.2) is 51.3 Å². The molecule has 1 aliphatic rings. The molecule has 0 aromatic heterocycles. The maximum atomic E-state index is 12.2. The zero-order chi connectivity index (χ0) is 18.8. The predicted octanol–water partition coefficient (Wildman–Crippen LogP) is 1.66. The zero-order valence-corrected chi connectivity index (χ0v) is 15.9. The summed E-state index contributed by atoms with van der Waals surface area (Å²) in [5, 5.41) is 2.81. The van der Waals surface area contributed by atoms with Crippen molar-refractivity contribution in [1.82, 2.24) is 9.62 Å². The summed E-state index contributed by atoms with van der Waals surface area (Å²) in [7, 11) is -0.947. The van der Waals surface area contributed by atoms with Crippen molar-refractivity contribution in [3.8, 4) is 0 Å². The van der Waals surface area contributed by atoms with Gasteiger partial charge in [0.25, 0.3) is 5.91 Å². The van der Waals surface area contributed by atoms with E-state index >= 15 is 0 Å². The monoisotopic (exact) mass is 388 g/mol. The highest BCUT2D eigenvalue weighted by Crippen LogP contribution is 2.32. The summed E-state index contributed by atoms with van der Waals surface area (Å²) in [4.78, 5) is 23.9. The lowest BCUT2D eigenvalue weighted by atomic mass is 10.2. The average molecular weight is 389 g/mol. The van der Waals surface area contributed by atoms with E-state index in [4.69, 9.17) is 16.3 Å². The topological polar surface area (TPSA) is 92.8 Å². The van der Waals surface area contributed by atoms with Crippen LogP contribution in [0.25, 0.3) is 0 Å². The lowest BCUT2D eigenvalue weighted by molar-refractivity contribution is -0.124. The van der Waals surface area contributed by atoms with Crippen molar-refractivity contribution in [3.05, 3.63) is 28.8 Å². The van der Waals surface area contributed by atoms with E-state index in [0.29, 0.717) is 5.92 Å².